The highest BCUT2D eigenvalue weighted by Crippen LogP contribution is 2.40. The number of nitrogens with zero attached hydrogens (tertiary/aromatic N) is 2. The van der Waals surface area contributed by atoms with Gasteiger partial charge in [-0.25, -0.2) is 27.9 Å². The maximum absolute atomic E-state index is 13.2. The molecule has 9 nitrogen and oxygen atoms in total. The fourth-order valence-electron chi connectivity index (χ4n) is 4.76. The van der Waals surface area contributed by atoms with Gasteiger partial charge < -0.3 is 15.4 Å². The molecular formula is C29H39N5O4S2. The second kappa shape index (κ2) is 13.1. The van der Waals surface area contributed by atoms with Gasteiger partial charge in [-0.15, -0.1) is 11.3 Å². The molecule has 0 bridgehead atoms. The van der Waals surface area contributed by atoms with Crippen molar-refractivity contribution in [3.63, 3.8) is 0 Å². The number of hydrogen-bond donors (Lipinski definition) is 3. The molecule has 40 heavy (non-hydrogen) atoms. The predicted octanol–water partition coefficient (Wildman–Crippen LogP) is 6.53. The van der Waals surface area contributed by atoms with Gasteiger partial charge in [0, 0.05) is 42.1 Å². The molecule has 0 atom stereocenters. The lowest BCUT2D eigenvalue weighted by Crippen LogP contribution is -2.38. The molecule has 2 aromatic heterocycles. The minimum atomic E-state index is -3.75. The van der Waals surface area contributed by atoms with Crippen LogP contribution in [0.3, 0.4) is 0 Å². The van der Waals surface area contributed by atoms with Crippen molar-refractivity contribution in [1.29, 1.82) is 0 Å². The molecule has 0 aliphatic heterocycles. The van der Waals surface area contributed by atoms with Crippen molar-refractivity contribution in [3.05, 3.63) is 53.3 Å². The van der Waals surface area contributed by atoms with Crippen molar-refractivity contribution in [2.24, 2.45) is 0 Å². The van der Waals surface area contributed by atoms with E-state index in [0.717, 1.165) is 41.1 Å². The van der Waals surface area contributed by atoms with E-state index in [1.807, 2.05) is 44.3 Å². The number of anilines is 2. The SMILES string of the molecule is CCNS(=O)(=O)c1cc(Nc2ccc(C(C)C)cn2)ccc1-c1cnc([C@H]2CC[C@H](NC(=O)OC(C)C)CC2)s1. The molecule has 0 unspecified atom stereocenters. The summed E-state index contributed by atoms with van der Waals surface area (Å²) in [5, 5.41) is 7.18. The minimum Gasteiger partial charge on any atom is -0.447 e. The van der Waals surface area contributed by atoms with E-state index in [1.54, 1.807) is 19.2 Å². The first-order valence-electron chi connectivity index (χ1n) is 13.9. The monoisotopic (exact) mass is 585 g/mol. The molecule has 4 rings (SSSR count). The first-order valence-corrected chi connectivity index (χ1v) is 16.2. The molecule has 0 radical (unpaired) electrons. The Bertz CT molecular complexity index is 1400. The van der Waals surface area contributed by atoms with Crippen LogP contribution in [0.5, 0.6) is 0 Å². The summed E-state index contributed by atoms with van der Waals surface area (Å²) in [5.74, 6) is 1.29. The van der Waals surface area contributed by atoms with Crippen molar-refractivity contribution >= 4 is 39.0 Å². The molecule has 1 amide bonds. The molecule has 3 aromatic rings. The summed E-state index contributed by atoms with van der Waals surface area (Å²) < 4.78 is 34.3. The number of sulfonamides is 1. The summed E-state index contributed by atoms with van der Waals surface area (Å²) in [6.45, 7) is 9.93. The number of ether oxygens (including phenoxy) is 1. The molecule has 1 aromatic carbocycles. The maximum Gasteiger partial charge on any atom is 0.407 e. The average Bonchev–Trinajstić information content (AvgIpc) is 3.39. The lowest BCUT2D eigenvalue weighted by atomic mass is 9.86. The van der Waals surface area contributed by atoms with Crippen LogP contribution in [0.15, 0.2) is 47.6 Å². The molecule has 216 valence electrons. The van der Waals surface area contributed by atoms with E-state index in [9.17, 15) is 13.2 Å². The van der Waals surface area contributed by atoms with Crippen LogP contribution in [-0.2, 0) is 14.8 Å². The Morgan fingerprint density at radius 1 is 1.05 bits per heavy atom. The standard InChI is InChI=1S/C29H39N5O4S2/c1-6-32-40(36,37)26-15-23(33-27-14-9-21(16-30-27)18(2)3)12-13-24(26)25-17-31-28(39-25)20-7-10-22(11-8-20)34-29(35)38-19(4)5/h9,12-20,22,32H,6-8,10-11H2,1-5H3,(H,30,33)(H,34,35)/t20-,22-. The van der Waals surface area contributed by atoms with Gasteiger partial charge in [0.05, 0.1) is 20.9 Å². The number of thiazole rings is 1. The zero-order valence-corrected chi connectivity index (χ0v) is 25.4. The molecule has 1 aliphatic rings. The van der Waals surface area contributed by atoms with Crippen LogP contribution in [0.1, 0.15) is 82.7 Å². The van der Waals surface area contributed by atoms with Gasteiger partial charge in [0.2, 0.25) is 10.0 Å². The highest BCUT2D eigenvalue weighted by atomic mass is 32.2. The highest BCUT2D eigenvalue weighted by molar-refractivity contribution is 7.89. The van der Waals surface area contributed by atoms with Gasteiger partial charge in [-0.2, -0.15) is 0 Å². The Balaban J connectivity index is 1.52. The number of hydrogen-bond acceptors (Lipinski definition) is 8. The van der Waals surface area contributed by atoms with Crippen LogP contribution in [0.2, 0.25) is 0 Å². The van der Waals surface area contributed by atoms with E-state index < -0.39 is 10.0 Å². The van der Waals surface area contributed by atoms with E-state index in [-0.39, 0.29) is 35.6 Å². The van der Waals surface area contributed by atoms with E-state index in [4.69, 9.17) is 4.74 Å². The maximum atomic E-state index is 13.2. The normalized spacial score (nSPS) is 17.7. The van der Waals surface area contributed by atoms with Gasteiger partial charge >= 0.3 is 6.09 Å². The Kier molecular flexibility index (Phi) is 9.81. The lowest BCUT2D eigenvalue weighted by molar-refractivity contribution is 0.109. The number of pyridine rings is 1. The number of amides is 1. The number of carbonyl (C=O) groups excluding carboxylic acids is 1. The van der Waals surface area contributed by atoms with Crippen LogP contribution >= 0.6 is 11.3 Å². The van der Waals surface area contributed by atoms with Gasteiger partial charge in [-0.05, 0) is 69.2 Å². The molecule has 3 N–H and O–H groups in total. The van der Waals surface area contributed by atoms with E-state index in [0.29, 0.717) is 23.0 Å². The summed E-state index contributed by atoms with van der Waals surface area (Å²) >= 11 is 1.53. The fourth-order valence-corrected chi connectivity index (χ4v) is 7.24. The van der Waals surface area contributed by atoms with Crippen LogP contribution in [0.25, 0.3) is 10.4 Å². The van der Waals surface area contributed by atoms with E-state index in [1.165, 1.54) is 11.3 Å². The van der Waals surface area contributed by atoms with Crippen LogP contribution in [0.4, 0.5) is 16.3 Å². The van der Waals surface area contributed by atoms with Gasteiger partial charge in [-0.1, -0.05) is 32.9 Å². The largest absolute Gasteiger partial charge is 0.447 e. The second-order valence-electron chi connectivity index (χ2n) is 10.7. The molecule has 0 saturated heterocycles. The number of carbonyl (C=O) groups is 1. The first-order chi connectivity index (χ1) is 19.1. The van der Waals surface area contributed by atoms with Gasteiger partial charge in [-0.3, -0.25) is 0 Å². The van der Waals surface area contributed by atoms with Crippen LogP contribution in [0, 0.1) is 0 Å². The van der Waals surface area contributed by atoms with Crippen LogP contribution in [-0.4, -0.2) is 43.2 Å². The minimum absolute atomic E-state index is 0.0925. The summed E-state index contributed by atoms with van der Waals surface area (Å²) in [6, 6.07) is 9.35. The van der Waals surface area contributed by atoms with Crippen molar-refractivity contribution in [2.75, 3.05) is 11.9 Å². The second-order valence-corrected chi connectivity index (χ2v) is 13.5. The third kappa shape index (κ3) is 7.58. The molecule has 1 saturated carbocycles. The fraction of sp³-hybridized carbons (Fsp3) is 0.483. The summed E-state index contributed by atoms with van der Waals surface area (Å²) in [6.07, 6.45) is 6.57. The molecule has 2 heterocycles. The Hall–Kier alpha value is -3.02. The zero-order chi connectivity index (χ0) is 28.9. The quantitative estimate of drug-likeness (QED) is 0.247. The van der Waals surface area contributed by atoms with Crippen molar-refractivity contribution in [2.45, 2.75) is 89.2 Å². The van der Waals surface area contributed by atoms with Crippen molar-refractivity contribution in [1.82, 2.24) is 20.0 Å². The van der Waals surface area contributed by atoms with Gasteiger partial charge in [0.1, 0.15) is 5.82 Å². The van der Waals surface area contributed by atoms with Crippen LogP contribution < -0.4 is 15.4 Å². The number of rotatable bonds is 10. The summed E-state index contributed by atoms with van der Waals surface area (Å²) in [7, 11) is -3.75. The van der Waals surface area contributed by atoms with Crippen molar-refractivity contribution in [3.8, 4) is 10.4 Å². The number of aromatic nitrogens is 2. The Morgan fingerprint density at radius 2 is 1.80 bits per heavy atom. The number of benzene rings is 1. The Morgan fingerprint density at radius 3 is 2.42 bits per heavy atom. The lowest BCUT2D eigenvalue weighted by Gasteiger charge is -2.28. The number of nitrogens with one attached hydrogen (secondary N) is 3. The topological polar surface area (TPSA) is 122 Å². The first kappa shape index (κ1) is 30.0. The molecule has 0 spiro atoms. The van der Waals surface area contributed by atoms with Gasteiger partial charge in [0.25, 0.3) is 0 Å². The smallest absolute Gasteiger partial charge is 0.407 e. The predicted molar refractivity (Wildman–Crippen MR) is 160 cm³/mol. The number of alkyl carbamates (subject to hydrolysis) is 1. The highest BCUT2D eigenvalue weighted by Gasteiger charge is 2.27. The molecule has 11 heteroatoms. The van der Waals surface area contributed by atoms with E-state index in [2.05, 4.69) is 39.2 Å². The molecular weight excluding hydrogens is 546 g/mol. The third-order valence-electron chi connectivity index (χ3n) is 6.86. The third-order valence-corrected chi connectivity index (χ3v) is 9.64. The summed E-state index contributed by atoms with van der Waals surface area (Å²) in [4.78, 5) is 22.1. The molecule has 1 fully saturated rings. The summed E-state index contributed by atoms with van der Waals surface area (Å²) in [5.41, 5.74) is 2.39. The van der Waals surface area contributed by atoms with Gasteiger partial charge in [0.15, 0.2) is 0 Å². The van der Waals surface area contributed by atoms with Crippen molar-refractivity contribution < 1.29 is 17.9 Å². The van der Waals surface area contributed by atoms with E-state index >= 15 is 0 Å². The average molecular weight is 586 g/mol. The Labute approximate surface area is 241 Å². The molecule has 1 aliphatic carbocycles. The zero-order valence-electron chi connectivity index (χ0n) is 23.7.